The predicted molar refractivity (Wildman–Crippen MR) is 80.5 cm³/mol. The Hall–Kier alpha value is 0.0600. The number of imidazole rings is 1. The molecule has 2 aliphatic heterocycles. The Labute approximate surface area is 168 Å². The summed E-state index contributed by atoms with van der Waals surface area (Å²) in [4.78, 5) is 12.0. The second-order valence-corrected chi connectivity index (χ2v) is 8.09. The Morgan fingerprint density at radius 2 is 2.25 bits per heavy atom. The molecular weight excluding hydrogens is 392 g/mol. The second kappa shape index (κ2) is 6.66. The number of nitrogens with zero attached hydrogens (tertiary/aromatic N) is 4. The van der Waals surface area contributed by atoms with Crippen LogP contribution in [0, 0.1) is 0 Å². The maximum atomic E-state index is 11.8. The molecule has 2 aliphatic rings. The van der Waals surface area contributed by atoms with Crippen molar-refractivity contribution < 1.29 is 53.0 Å². The van der Waals surface area contributed by atoms with Crippen molar-refractivity contribution in [2.45, 2.75) is 24.5 Å². The average Bonchev–Trinajstić information content (AvgIpc) is 2.97. The van der Waals surface area contributed by atoms with Gasteiger partial charge in [0.15, 0.2) is 30.0 Å². The Bertz CT molecular complexity index is 841. The van der Waals surface area contributed by atoms with Crippen LogP contribution < -0.4 is 35.3 Å². The average molecular weight is 402 g/mol. The first-order valence-corrected chi connectivity index (χ1v) is 9.42. The fraction of sp³-hybridized carbons (Fsp3) is 0.500. The molecule has 5 atom stereocenters. The normalized spacial score (nSPS) is 35.6. The van der Waals surface area contributed by atoms with E-state index in [1.165, 1.54) is 10.9 Å². The summed E-state index contributed by atoms with van der Waals surface area (Å²) in [6.45, 7) is -3.68. The number of ether oxygens (including phenoxy) is 1. The largest absolute Gasteiger partial charge is 1.00 e. The third-order valence-electron chi connectivity index (χ3n) is 3.67. The maximum absolute atomic E-state index is 11.8. The van der Waals surface area contributed by atoms with Gasteiger partial charge in [-0.05, 0) is 11.6 Å². The minimum Gasteiger partial charge on any atom is -0.660 e. The van der Waals surface area contributed by atoms with E-state index in [1.54, 1.807) is 0 Å². The minimum atomic E-state index is -3.63. The third kappa shape index (κ3) is 3.01. The van der Waals surface area contributed by atoms with Gasteiger partial charge in [-0.25, -0.2) is 15.0 Å². The Morgan fingerprint density at radius 1 is 1.50 bits per heavy atom. The monoisotopic (exact) mass is 401 g/mol. The summed E-state index contributed by atoms with van der Waals surface area (Å²) in [5.74, 6) is 0.148. The van der Waals surface area contributed by atoms with Gasteiger partial charge in [0.2, 0.25) is 5.28 Å². The van der Waals surface area contributed by atoms with Gasteiger partial charge in [-0.3, -0.25) is 9.13 Å². The van der Waals surface area contributed by atoms with E-state index in [0.717, 1.165) is 0 Å². The second-order valence-electron chi connectivity index (χ2n) is 5.05. The van der Waals surface area contributed by atoms with Crippen LogP contribution in [-0.4, -0.2) is 49.5 Å². The summed E-state index contributed by atoms with van der Waals surface area (Å²) in [6, 6.07) is 0. The molecular formula is C10H10ClN5NaO5PS. The summed E-state index contributed by atoms with van der Waals surface area (Å²) >= 11 is 10.8. The van der Waals surface area contributed by atoms with Crippen molar-refractivity contribution in [3.63, 3.8) is 0 Å². The fourth-order valence-corrected chi connectivity index (χ4v) is 4.36. The van der Waals surface area contributed by atoms with Gasteiger partial charge in [0.25, 0.3) is 0 Å². The molecule has 4 rings (SSSR count). The van der Waals surface area contributed by atoms with E-state index in [0.29, 0.717) is 5.65 Å². The summed E-state index contributed by atoms with van der Waals surface area (Å²) < 4.78 is 28.9. The molecule has 24 heavy (non-hydrogen) atoms. The zero-order chi connectivity index (χ0) is 16.4. The molecule has 4 unspecified atom stereocenters. The summed E-state index contributed by atoms with van der Waals surface area (Å²) in [5.41, 5.74) is 6.33. The van der Waals surface area contributed by atoms with Crippen molar-refractivity contribution >= 4 is 47.6 Å². The number of hydrogen-bond donors (Lipinski definition) is 2. The number of aliphatic hydroxyl groups is 1. The van der Waals surface area contributed by atoms with Crippen LogP contribution in [0.4, 0.5) is 5.82 Å². The minimum absolute atomic E-state index is 0. The van der Waals surface area contributed by atoms with E-state index in [1.807, 2.05) is 0 Å². The first kappa shape index (κ1) is 18.8. The van der Waals surface area contributed by atoms with E-state index >= 15 is 0 Å². The van der Waals surface area contributed by atoms with Gasteiger partial charge < -0.3 is 36.9 Å². The molecule has 0 spiro atoms. The summed E-state index contributed by atoms with van der Waals surface area (Å²) in [7, 11) is 0. The van der Waals surface area contributed by atoms with Crippen molar-refractivity contribution in [3.8, 4) is 0 Å². The van der Waals surface area contributed by atoms with Crippen LogP contribution in [0.25, 0.3) is 11.2 Å². The van der Waals surface area contributed by atoms with Crippen molar-refractivity contribution in [3.05, 3.63) is 11.6 Å². The molecule has 3 N–H and O–H groups in total. The number of aliphatic hydroxyl groups excluding tert-OH is 1. The Kier molecular flexibility index (Phi) is 5.23. The first-order valence-electron chi connectivity index (χ1n) is 6.49. The molecule has 4 heterocycles. The molecule has 124 valence electrons. The molecule has 0 radical (unpaired) electrons. The number of rotatable bonds is 1. The van der Waals surface area contributed by atoms with Crippen LogP contribution >= 0.6 is 18.4 Å². The molecule has 0 aliphatic carbocycles. The van der Waals surface area contributed by atoms with E-state index in [4.69, 9.17) is 43.4 Å². The van der Waals surface area contributed by atoms with Crippen molar-refractivity contribution in [1.82, 2.24) is 19.5 Å². The van der Waals surface area contributed by atoms with Gasteiger partial charge in [-0.2, -0.15) is 0 Å². The van der Waals surface area contributed by atoms with Crippen molar-refractivity contribution in [2.75, 3.05) is 12.3 Å². The quantitative estimate of drug-likeness (QED) is 0.226. The molecule has 0 amide bonds. The van der Waals surface area contributed by atoms with Crippen LogP contribution in [0.5, 0.6) is 0 Å². The number of nitrogen functional groups attached to an aromatic ring is 1. The van der Waals surface area contributed by atoms with Gasteiger partial charge in [0, 0.05) is 0 Å². The van der Waals surface area contributed by atoms with Crippen molar-refractivity contribution in [1.29, 1.82) is 0 Å². The standard InChI is InChI=1S/C10H11ClN5O5PS.Na/c11-10-15-4-7(12)13-2-14-8(4)16(10)9-5(17)6-3(20-9)1-19-22(18,23)21-6;/h2-3,5-6,9,17H,1H2,(H,18,23)(H2,12,13,14);/q;+1/p-1/t3?,5-,6?,9?,22?;/m0./s1. The molecule has 0 saturated carbocycles. The van der Waals surface area contributed by atoms with Crippen LogP contribution in [0.2, 0.25) is 5.28 Å². The fourth-order valence-electron chi connectivity index (χ4n) is 2.67. The molecule has 2 aromatic rings. The number of aromatic nitrogens is 4. The zero-order valence-corrected chi connectivity index (χ0v) is 16.7. The number of anilines is 1. The predicted octanol–water partition coefficient (Wildman–Crippen LogP) is -2.61. The Balaban J connectivity index is 0.00000169. The van der Waals surface area contributed by atoms with Crippen LogP contribution in [0.3, 0.4) is 0 Å². The van der Waals surface area contributed by atoms with Crippen LogP contribution in [-0.2, 0) is 30.6 Å². The molecule has 2 fully saturated rings. The SMILES string of the molecule is Nc1ncnc2c1nc(Cl)n2C1OC2COP(=O)([S-])OC2[C@@H]1O.[Na+]. The van der Waals surface area contributed by atoms with Gasteiger partial charge in [-0.1, -0.05) is 0 Å². The van der Waals surface area contributed by atoms with Gasteiger partial charge in [0.05, 0.1) is 6.61 Å². The number of halogens is 1. The van der Waals surface area contributed by atoms with Gasteiger partial charge in [-0.15, -0.1) is 0 Å². The van der Waals surface area contributed by atoms with E-state index < -0.39 is 31.3 Å². The molecule has 2 aromatic heterocycles. The maximum Gasteiger partial charge on any atom is 1.00 e. The van der Waals surface area contributed by atoms with E-state index in [-0.39, 0.29) is 52.8 Å². The number of fused-ring (bicyclic) bond motifs is 2. The molecule has 0 bridgehead atoms. The van der Waals surface area contributed by atoms with E-state index in [9.17, 15) is 9.67 Å². The molecule has 2 saturated heterocycles. The van der Waals surface area contributed by atoms with Crippen molar-refractivity contribution in [2.24, 2.45) is 0 Å². The summed E-state index contributed by atoms with van der Waals surface area (Å²) in [6.07, 6.45) is -2.45. The number of hydrogen-bond acceptors (Lipinski definition) is 10. The smallest absolute Gasteiger partial charge is 0.660 e. The van der Waals surface area contributed by atoms with Crippen LogP contribution in [0.1, 0.15) is 6.23 Å². The Morgan fingerprint density at radius 3 is 3.00 bits per heavy atom. The van der Waals surface area contributed by atoms with Gasteiger partial charge >= 0.3 is 29.6 Å². The zero-order valence-electron chi connectivity index (χ0n) is 12.3. The topological polar surface area (TPSA) is 135 Å². The third-order valence-corrected chi connectivity index (χ3v) is 5.48. The molecule has 0 aromatic carbocycles. The van der Waals surface area contributed by atoms with Gasteiger partial charge in [0.1, 0.15) is 24.6 Å². The van der Waals surface area contributed by atoms with Crippen LogP contribution in [0.15, 0.2) is 6.33 Å². The molecule has 10 nitrogen and oxygen atoms in total. The first-order chi connectivity index (χ1) is 10.9. The van der Waals surface area contributed by atoms with E-state index in [2.05, 4.69) is 15.0 Å². The summed E-state index contributed by atoms with van der Waals surface area (Å²) in [5, 5.41) is 10.5. The number of nitrogens with two attached hydrogens (primary N) is 1. The molecule has 14 heteroatoms.